The molecular weight excluding hydrogens is 482 g/mol. The molecule has 4 heteroatoms. The van der Waals surface area contributed by atoms with Gasteiger partial charge in [-0.2, -0.15) is 0 Å². The molecule has 0 bridgehead atoms. The first-order valence-electron chi connectivity index (χ1n) is 17.4. The second kappa shape index (κ2) is 33.1. The molecule has 0 saturated heterocycles. The Balaban J connectivity index is 0. The van der Waals surface area contributed by atoms with Crippen molar-refractivity contribution >= 4 is 11.9 Å². The van der Waals surface area contributed by atoms with E-state index in [1.54, 1.807) is 0 Å². The van der Waals surface area contributed by atoms with E-state index >= 15 is 0 Å². The SMILES string of the molecule is CCCCCCCCCCCC(=O)N(CCC)CCC.CCCCCCCCCCCCCC(=O)OC(C)C. The number of unbranched alkanes of at least 4 members (excludes halogenated alkanes) is 18. The smallest absolute Gasteiger partial charge is 0.306 e. The molecule has 0 aliphatic rings. The number of esters is 1. The summed E-state index contributed by atoms with van der Waals surface area (Å²) in [5, 5.41) is 0. The van der Waals surface area contributed by atoms with Gasteiger partial charge in [0.25, 0.3) is 0 Å². The van der Waals surface area contributed by atoms with Gasteiger partial charge >= 0.3 is 5.97 Å². The quantitative estimate of drug-likeness (QED) is 0.0750. The van der Waals surface area contributed by atoms with E-state index in [1.165, 1.54) is 116 Å². The number of ether oxygens (including phenoxy) is 1. The lowest BCUT2D eigenvalue weighted by atomic mass is 10.1. The van der Waals surface area contributed by atoms with Crippen LogP contribution in [0.25, 0.3) is 0 Å². The third-order valence-corrected chi connectivity index (χ3v) is 7.19. The maximum absolute atomic E-state index is 12.1. The first-order chi connectivity index (χ1) is 18.9. The van der Waals surface area contributed by atoms with Gasteiger partial charge < -0.3 is 9.64 Å². The zero-order valence-corrected chi connectivity index (χ0v) is 27.6. The minimum absolute atomic E-state index is 0.0280. The van der Waals surface area contributed by atoms with Crippen LogP contribution < -0.4 is 0 Å². The molecule has 0 saturated carbocycles. The Morgan fingerprint density at radius 2 is 0.821 bits per heavy atom. The molecular formula is C35H71NO3. The summed E-state index contributed by atoms with van der Waals surface area (Å²) in [6.07, 6.45) is 29.8. The van der Waals surface area contributed by atoms with Gasteiger partial charge in [0.05, 0.1) is 6.10 Å². The number of carbonyl (C=O) groups is 2. The van der Waals surface area contributed by atoms with Gasteiger partial charge in [-0.05, 0) is 39.5 Å². The van der Waals surface area contributed by atoms with Crippen molar-refractivity contribution in [3.8, 4) is 0 Å². The van der Waals surface area contributed by atoms with Crippen LogP contribution in [0, 0.1) is 0 Å². The number of nitrogens with zero attached hydrogens (tertiary/aromatic N) is 1. The molecule has 0 aromatic rings. The Morgan fingerprint density at radius 1 is 0.487 bits per heavy atom. The van der Waals surface area contributed by atoms with E-state index in [0.29, 0.717) is 12.3 Å². The van der Waals surface area contributed by atoms with Gasteiger partial charge in [-0.15, -0.1) is 0 Å². The molecule has 1 amide bonds. The number of hydrogen-bond acceptors (Lipinski definition) is 3. The molecule has 0 radical (unpaired) electrons. The Bertz CT molecular complexity index is 500. The fourth-order valence-corrected chi connectivity index (χ4v) is 4.90. The second-order valence-corrected chi connectivity index (χ2v) is 11.8. The highest BCUT2D eigenvalue weighted by Gasteiger charge is 2.10. The van der Waals surface area contributed by atoms with Gasteiger partial charge in [0, 0.05) is 25.9 Å². The van der Waals surface area contributed by atoms with Crippen LogP contribution >= 0.6 is 0 Å². The average molecular weight is 554 g/mol. The molecule has 39 heavy (non-hydrogen) atoms. The Labute approximate surface area is 245 Å². The van der Waals surface area contributed by atoms with Crippen molar-refractivity contribution in [3.63, 3.8) is 0 Å². The molecule has 0 N–H and O–H groups in total. The van der Waals surface area contributed by atoms with E-state index in [4.69, 9.17) is 4.74 Å². The summed E-state index contributed by atoms with van der Waals surface area (Å²) >= 11 is 0. The van der Waals surface area contributed by atoms with Crippen LogP contribution in [0.4, 0.5) is 0 Å². The van der Waals surface area contributed by atoms with Crippen LogP contribution in [0.2, 0.25) is 0 Å². The van der Waals surface area contributed by atoms with Gasteiger partial charge in [-0.3, -0.25) is 9.59 Å². The van der Waals surface area contributed by atoms with Crippen LogP contribution in [0.5, 0.6) is 0 Å². The standard InChI is InChI=1S/C18H37NO.C17H34O2/c1-4-7-8-9-10-11-12-13-14-15-18(20)19(16-5-2)17-6-3;1-4-5-6-7-8-9-10-11-12-13-14-15-17(18)19-16(2)3/h4-17H2,1-3H3;16H,4-15H2,1-3H3. The Morgan fingerprint density at radius 3 is 1.15 bits per heavy atom. The molecule has 0 unspecified atom stereocenters. The second-order valence-electron chi connectivity index (χ2n) is 11.8. The molecule has 0 heterocycles. The summed E-state index contributed by atoms with van der Waals surface area (Å²) in [6.45, 7) is 14.5. The predicted octanol–water partition coefficient (Wildman–Crippen LogP) is 11.2. The zero-order valence-electron chi connectivity index (χ0n) is 27.6. The Kier molecular flexibility index (Phi) is 34.1. The first kappa shape index (κ1) is 40.1. The molecule has 0 spiro atoms. The summed E-state index contributed by atoms with van der Waals surface area (Å²) in [5.41, 5.74) is 0. The number of hydrogen-bond donors (Lipinski definition) is 0. The molecule has 0 aromatic heterocycles. The lowest BCUT2D eigenvalue weighted by Crippen LogP contribution is -2.32. The molecule has 0 aliphatic heterocycles. The third-order valence-electron chi connectivity index (χ3n) is 7.19. The van der Waals surface area contributed by atoms with Crippen LogP contribution in [0.3, 0.4) is 0 Å². The topological polar surface area (TPSA) is 46.6 Å². The normalized spacial score (nSPS) is 10.8. The Hall–Kier alpha value is -1.06. The molecule has 0 aromatic carbocycles. The van der Waals surface area contributed by atoms with Crippen molar-refractivity contribution in [1.29, 1.82) is 0 Å². The zero-order chi connectivity index (χ0) is 29.4. The monoisotopic (exact) mass is 554 g/mol. The van der Waals surface area contributed by atoms with Crippen molar-refractivity contribution in [3.05, 3.63) is 0 Å². The molecule has 234 valence electrons. The summed E-state index contributed by atoms with van der Waals surface area (Å²) in [5.74, 6) is 0.336. The summed E-state index contributed by atoms with van der Waals surface area (Å²) in [7, 11) is 0. The molecule has 0 atom stereocenters. The maximum Gasteiger partial charge on any atom is 0.306 e. The van der Waals surface area contributed by atoms with Gasteiger partial charge in [0.15, 0.2) is 0 Å². The van der Waals surface area contributed by atoms with Gasteiger partial charge in [-0.1, -0.05) is 143 Å². The van der Waals surface area contributed by atoms with Crippen LogP contribution in [0.1, 0.15) is 196 Å². The van der Waals surface area contributed by atoms with Crippen LogP contribution in [-0.4, -0.2) is 36.0 Å². The van der Waals surface area contributed by atoms with E-state index < -0.39 is 0 Å². The first-order valence-corrected chi connectivity index (χ1v) is 17.4. The molecule has 0 aliphatic carbocycles. The summed E-state index contributed by atoms with van der Waals surface area (Å²) in [4.78, 5) is 25.4. The van der Waals surface area contributed by atoms with Crippen molar-refractivity contribution < 1.29 is 14.3 Å². The summed E-state index contributed by atoms with van der Waals surface area (Å²) < 4.78 is 5.10. The van der Waals surface area contributed by atoms with E-state index in [0.717, 1.165) is 45.2 Å². The highest BCUT2D eigenvalue weighted by molar-refractivity contribution is 5.76. The largest absolute Gasteiger partial charge is 0.463 e. The lowest BCUT2D eigenvalue weighted by Gasteiger charge is -2.21. The highest BCUT2D eigenvalue weighted by atomic mass is 16.5. The van der Waals surface area contributed by atoms with Gasteiger partial charge in [0.2, 0.25) is 5.91 Å². The fourth-order valence-electron chi connectivity index (χ4n) is 4.90. The minimum atomic E-state index is -0.0362. The third kappa shape index (κ3) is 33.0. The van der Waals surface area contributed by atoms with Crippen molar-refractivity contribution in [2.24, 2.45) is 0 Å². The lowest BCUT2D eigenvalue weighted by molar-refractivity contribution is -0.147. The maximum atomic E-state index is 12.1. The average Bonchev–Trinajstić information content (AvgIpc) is 2.90. The van der Waals surface area contributed by atoms with Crippen molar-refractivity contribution in [1.82, 2.24) is 4.90 Å². The fraction of sp³-hybridized carbons (Fsp3) is 0.943. The van der Waals surface area contributed by atoms with Crippen LogP contribution in [-0.2, 0) is 14.3 Å². The molecule has 4 nitrogen and oxygen atoms in total. The van der Waals surface area contributed by atoms with E-state index in [-0.39, 0.29) is 12.1 Å². The summed E-state index contributed by atoms with van der Waals surface area (Å²) in [6, 6.07) is 0. The van der Waals surface area contributed by atoms with Crippen molar-refractivity contribution in [2.75, 3.05) is 13.1 Å². The number of amides is 1. The van der Waals surface area contributed by atoms with Crippen molar-refractivity contribution in [2.45, 2.75) is 202 Å². The van der Waals surface area contributed by atoms with E-state index in [9.17, 15) is 9.59 Å². The highest BCUT2D eigenvalue weighted by Crippen LogP contribution is 2.13. The van der Waals surface area contributed by atoms with Crippen LogP contribution in [0.15, 0.2) is 0 Å². The van der Waals surface area contributed by atoms with E-state index in [1.807, 2.05) is 18.7 Å². The van der Waals surface area contributed by atoms with Gasteiger partial charge in [-0.25, -0.2) is 0 Å². The van der Waals surface area contributed by atoms with E-state index in [2.05, 4.69) is 27.7 Å². The molecule has 0 rings (SSSR count). The molecule has 0 fully saturated rings. The van der Waals surface area contributed by atoms with Gasteiger partial charge in [0.1, 0.15) is 0 Å². The number of rotatable bonds is 27. The number of carbonyl (C=O) groups excluding carboxylic acids is 2. The minimum Gasteiger partial charge on any atom is -0.463 e. The predicted molar refractivity (Wildman–Crippen MR) is 171 cm³/mol.